The van der Waals surface area contributed by atoms with Gasteiger partial charge in [-0.2, -0.15) is 0 Å². The van der Waals surface area contributed by atoms with Crippen LogP contribution in [0, 0.1) is 0 Å². The molecule has 0 aromatic carbocycles. The predicted molar refractivity (Wildman–Crippen MR) is 185 cm³/mol. The molecule has 0 bridgehead atoms. The summed E-state index contributed by atoms with van der Waals surface area (Å²) in [4.78, 5) is 12.6. The molecule has 0 aromatic heterocycles. The summed E-state index contributed by atoms with van der Waals surface area (Å²) in [5.74, 6) is -0.653. The van der Waals surface area contributed by atoms with E-state index in [4.69, 9.17) is 5.11 Å². The second-order valence-electron chi connectivity index (χ2n) is 12.8. The number of hydrogen-bond donors (Lipinski definition) is 1. The highest BCUT2D eigenvalue weighted by Crippen LogP contribution is 2.14. The second-order valence-corrected chi connectivity index (χ2v) is 12.8. The molecule has 3 nitrogen and oxygen atoms in total. The number of carbonyl (C=O) groups is 1. The van der Waals surface area contributed by atoms with Crippen molar-refractivity contribution in [2.75, 3.05) is 20.6 Å². The normalized spacial score (nSPS) is 11.3. The molecule has 0 amide bonds. The van der Waals surface area contributed by atoms with E-state index in [1.807, 2.05) is 0 Å². The number of unbranched alkanes of at least 4 members (excludes halogenated alkanes) is 26. The molecule has 246 valence electrons. The molecule has 0 atom stereocenters. The van der Waals surface area contributed by atoms with E-state index in [0.29, 0.717) is 6.42 Å². The SMILES string of the molecule is CCCCCCCCC=CCCCCCCCCN(C)C.CCCCCCCCCCCCCCCCCC(=O)O. The Morgan fingerprint density at radius 1 is 0.463 bits per heavy atom. The van der Waals surface area contributed by atoms with Crippen LogP contribution in [0.25, 0.3) is 0 Å². The van der Waals surface area contributed by atoms with Gasteiger partial charge in [-0.1, -0.05) is 174 Å². The molecule has 0 fully saturated rings. The van der Waals surface area contributed by atoms with Crippen LogP contribution in [0.2, 0.25) is 0 Å². The molecule has 0 saturated heterocycles. The van der Waals surface area contributed by atoms with Crippen LogP contribution in [0.3, 0.4) is 0 Å². The average Bonchev–Trinajstić information content (AvgIpc) is 2.95. The topological polar surface area (TPSA) is 40.5 Å². The van der Waals surface area contributed by atoms with Crippen molar-refractivity contribution in [3.05, 3.63) is 12.2 Å². The van der Waals surface area contributed by atoms with Gasteiger partial charge in [0.25, 0.3) is 0 Å². The zero-order valence-electron chi connectivity index (χ0n) is 28.9. The third-order valence-electron chi connectivity index (χ3n) is 8.11. The van der Waals surface area contributed by atoms with Gasteiger partial charge in [-0.05, 0) is 59.2 Å². The molecule has 0 saturated carbocycles. The van der Waals surface area contributed by atoms with Crippen LogP contribution in [0.1, 0.15) is 206 Å². The Labute approximate surface area is 259 Å². The number of aliphatic carboxylic acids is 1. The lowest BCUT2D eigenvalue weighted by Crippen LogP contribution is -2.12. The van der Waals surface area contributed by atoms with Gasteiger partial charge in [-0.15, -0.1) is 0 Å². The van der Waals surface area contributed by atoms with E-state index < -0.39 is 5.97 Å². The van der Waals surface area contributed by atoms with E-state index >= 15 is 0 Å². The van der Waals surface area contributed by atoms with E-state index in [1.54, 1.807) is 0 Å². The van der Waals surface area contributed by atoms with Crippen molar-refractivity contribution in [3.63, 3.8) is 0 Å². The maximum Gasteiger partial charge on any atom is 0.303 e. The molecule has 3 heteroatoms. The average molecular weight is 580 g/mol. The summed E-state index contributed by atoms with van der Waals surface area (Å²) >= 11 is 0. The van der Waals surface area contributed by atoms with Gasteiger partial charge in [0.15, 0.2) is 0 Å². The molecule has 0 radical (unpaired) electrons. The highest BCUT2D eigenvalue weighted by Gasteiger charge is 1.97. The van der Waals surface area contributed by atoms with Gasteiger partial charge in [-0.25, -0.2) is 0 Å². The standard InChI is InChI=1S/C20H41N.C18H36O2/c1-4-5-6-7-8-9-10-11-12-13-14-15-16-17-18-19-20-21(2)3;1-2-3-4-5-6-7-8-9-10-11-12-13-14-15-16-17-18(19)20/h11-12H,4-10,13-20H2,1-3H3;2-17H2,1H3,(H,19,20). The fraction of sp³-hybridized carbons (Fsp3) is 0.921. The minimum Gasteiger partial charge on any atom is -0.481 e. The monoisotopic (exact) mass is 580 g/mol. The first-order chi connectivity index (χ1) is 20.0. The molecule has 41 heavy (non-hydrogen) atoms. The molecule has 0 aliphatic heterocycles. The van der Waals surface area contributed by atoms with E-state index in [9.17, 15) is 4.79 Å². The Hall–Kier alpha value is -0.830. The molecule has 0 aliphatic carbocycles. The van der Waals surface area contributed by atoms with Gasteiger partial charge < -0.3 is 10.0 Å². The molecule has 0 spiro atoms. The van der Waals surface area contributed by atoms with Crippen LogP contribution in [-0.2, 0) is 4.79 Å². The van der Waals surface area contributed by atoms with Crippen molar-refractivity contribution in [1.82, 2.24) is 4.90 Å². The fourth-order valence-corrected chi connectivity index (χ4v) is 5.32. The highest BCUT2D eigenvalue weighted by atomic mass is 16.4. The van der Waals surface area contributed by atoms with Crippen molar-refractivity contribution in [3.8, 4) is 0 Å². The summed E-state index contributed by atoms with van der Waals surface area (Å²) in [6, 6.07) is 0. The van der Waals surface area contributed by atoms with Crippen molar-refractivity contribution in [2.45, 2.75) is 206 Å². The lowest BCUT2D eigenvalue weighted by atomic mass is 10.0. The Kier molecular flexibility index (Phi) is 40.4. The van der Waals surface area contributed by atoms with Gasteiger partial charge in [0.2, 0.25) is 0 Å². The van der Waals surface area contributed by atoms with Crippen molar-refractivity contribution < 1.29 is 9.90 Å². The van der Waals surface area contributed by atoms with Gasteiger partial charge >= 0.3 is 5.97 Å². The maximum absolute atomic E-state index is 10.3. The van der Waals surface area contributed by atoms with E-state index in [1.165, 1.54) is 180 Å². The van der Waals surface area contributed by atoms with E-state index in [2.05, 4.69) is 45.0 Å². The van der Waals surface area contributed by atoms with Crippen molar-refractivity contribution in [1.29, 1.82) is 0 Å². The fourth-order valence-electron chi connectivity index (χ4n) is 5.32. The minimum atomic E-state index is -0.653. The first-order valence-electron chi connectivity index (χ1n) is 18.6. The summed E-state index contributed by atoms with van der Waals surface area (Å²) in [6.45, 7) is 5.81. The van der Waals surface area contributed by atoms with Crippen LogP contribution in [0.5, 0.6) is 0 Å². The zero-order valence-corrected chi connectivity index (χ0v) is 28.9. The summed E-state index contributed by atoms with van der Waals surface area (Å²) in [5.41, 5.74) is 0. The number of allylic oxidation sites excluding steroid dienone is 2. The van der Waals surface area contributed by atoms with Crippen LogP contribution >= 0.6 is 0 Å². The van der Waals surface area contributed by atoms with Crippen LogP contribution < -0.4 is 0 Å². The molecule has 0 aliphatic rings. The second kappa shape index (κ2) is 39.2. The summed E-state index contributed by atoms with van der Waals surface area (Å²) in [6.07, 6.45) is 44.5. The third kappa shape index (κ3) is 46.3. The Morgan fingerprint density at radius 2 is 0.756 bits per heavy atom. The Morgan fingerprint density at radius 3 is 1.07 bits per heavy atom. The van der Waals surface area contributed by atoms with Gasteiger partial charge in [-0.3, -0.25) is 4.79 Å². The molecule has 0 aromatic rings. The Balaban J connectivity index is 0. The van der Waals surface area contributed by atoms with Crippen LogP contribution in [-0.4, -0.2) is 36.6 Å². The maximum atomic E-state index is 10.3. The lowest BCUT2D eigenvalue weighted by molar-refractivity contribution is -0.137. The van der Waals surface area contributed by atoms with Gasteiger partial charge in [0.05, 0.1) is 0 Å². The predicted octanol–water partition coefficient (Wildman–Crippen LogP) is 12.9. The molecular formula is C38H77NO2. The number of nitrogens with zero attached hydrogens (tertiary/aromatic N) is 1. The summed E-state index contributed by atoms with van der Waals surface area (Å²) in [5, 5.41) is 8.52. The minimum absolute atomic E-state index is 0.345. The van der Waals surface area contributed by atoms with E-state index in [-0.39, 0.29) is 0 Å². The zero-order chi connectivity index (χ0) is 30.5. The van der Waals surface area contributed by atoms with E-state index in [0.717, 1.165) is 12.8 Å². The summed E-state index contributed by atoms with van der Waals surface area (Å²) < 4.78 is 0. The molecule has 0 unspecified atom stereocenters. The first-order valence-corrected chi connectivity index (χ1v) is 18.6. The van der Waals surface area contributed by atoms with Gasteiger partial charge in [0.1, 0.15) is 0 Å². The smallest absolute Gasteiger partial charge is 0.303 e. The number of carboxylic acids is 1. The lowest BCUT2D eigenvalue weighted by Gasteiger charge is -2.08. The van der Waals surface area contributed by atoms with Crippen LogP contribution in [0.4, 0.5) is 0 Å². The van der Waals surface area contributed by atoms with Gasteiger partial charge in [0, 0.05) is 6.42 Å². The molecule has 0 heterocycles. The van der Waals surface area contributed by atoms with Crippen LogP contribution in [0.15, 0.2) is 12.2 Å². The summed E-state index contributed by atoms with van der Waals surface area (Å²) in [7, 11) is 4.33. The quantitative estimate of drug-likeness (QED) is 0.0636. The largest absolute Gasteiger partial charge is 0.481 e. The molecule has 1 N–H and O–H groups in total. The molecular weight excluding hydrogens is 502 g/mol. The van der Waals surface area contributed by atoms with Crippen molar-refractivity contribution in [2.24, 2.45) is 0 Å². The first kappa shape index (κ1) is 42.3. The number of rotatable bonds is 32. The highest BCUT2D eigenvalue weighted by molar-refractivity contribution is 5.66. The van der Waals surface area contributed by atoms with Crippen molar-refractivity contribution >= 4 is 5.97 Å². The number of carboxylic acid groups (broad SMARTS) is 1. The third-order valence-corrected chi connectivity index (χ3v) is 8.11. The number of hydrogen-bond acceptors (Lipinski definition) is 2. The Bertz CT molecular complexity index is 503. The molecule has 0 rings (SSSR count).